The molecule has 3 aromatic rings. The Kier molecular flexibility index (Phi) is 5.21. The number of nitrogens with one attached hydrogen (secondary N) is 1. The summed E-state index contributed by atoms with van der Waals surface area (Å²) in [6.45, 7) is 0.807. The van der Waals surface area contributed by atoms with E-state index in [4.69, 9.17) is 23.2 Å². The predicted molar refractivity (Wildman–Crippen MR) is 107 cm³/mol. The summed E-state index contributed by atoms with van der Waals surface area (Å²) in [6.07, 6.45) is -2.48. The van der Waals surface area contributed by atoms with Crippen LogP contribution in [-0.4, -0.2) is 17.7 Å². The zero-order valence-electron chi connectivity index (χ0n) is 14.8. The van der Waals surface area contributed by atoms with Crippen LogP contribution in [0.4, 0.5) is 13.2 Å². The molecular weight excluding hydrogens is 410 g/mol. The fourth-order valence-electron chi connectivity index (χ4n) is 3.99. The standard InChI is InChI=1S/C21H18Cl2F3NO/c22-12-8-15-14-7-11(21(24,25)26)4-5-13(14)17(10-16(15)18(23)9-12)20(28)19-3-1-2-6-27-19/h4-5,7-10,19-20,27-28H,1-3,6H2. The van der Waals surface area contributed by atoms with Crippen LogP contribution >= 0.6 is 23.2 Å². The van der Waals surface area contributed by atoms with E-state index in [-0.39, 0.29) is 6.04 Å². The third-order valence-electron chi connectivity index (χ3n) is 5.39. The molecule has 1 aliphatic rings. The van der Waals surface area contributed by atoms with Crippen molar-refractivity contribution < 1.29 is 18.3 Å². The lowest BCUT2D eigenvalue weighted by Gasteiger charge is -2.29. The van der Waals surface area contributed by atoms with E-state index >= 15 is 0 Å². The molecule has 4 rings (SSSR count). The number of alkyl halides is 3. The average Bonchev–Trinajstić information content (AvgIpc) is 2.66. The summed E-state index contributed by atoms with van der Waals surface area (Å²) in [5.74, 6) is 0. The van der Waals surface area contributed by atoms with E-state index in [9.17, 15) is 18.3 Å². The minimum absolute atomic E-state index is 0.150. The van der Waals surface area contributed by atoms with Crippen molar-refractivity contribution in [3.05, 3.63) is 57.6 Å². The van der Waals surface area contributed by atoms with Gasteiger partial charge in [-0.15, -0.1) is 0 Å². The lowest BCUT2D eigenvalue weighted by atomic mass is 9.88. The van der Waals surface area contributed by atoms with E-state index in [2.05, 4.69) is 5.32 Å². The Morgan fingerprint density at radius 1 is 0.964 bits per heavy atom. The number of piperidine rings is 1. The van der Waals surface area contributed by atoms with Crippen LogP contribution in [0.1, 0.15) is 36.5 Å². The lowest BCUT2D eigenvalue weighted by molar-refractivity contribution is -0.137. The van der Waals surface area contributed by atoms with Crippen molar-refractivity contribution >= 4 is 44.7 Å². The van der Waals surface area contributed by atoms with Gasteiger partial charge in [0.15, 0.2) is 0 Å². The quantitative estimate of drug-likeness (QED) is 0.457. The Hall–Kier alpha value is -1.53. The van der Waals surface area contributed by atoms with Crippen LogP contribution in [0, 0.1) is 0 Å². The first-order valence-electron chi connectivity index (χ1n) is 9.10. The summed E-state index contributed by atoms with van der Waals surface area (Å²) < 4.78 is 39.9. The van der Waals surface area contributed by atoms with Gasteiger partial charge in [0.25, 0.3) is 0 Å². The maximum Gasteiger partial charge on any atom is 0.416 e. The van der Waals surface area contributed by atoms with E-state index in [1.54, 1.807) is 18.2 Å². The summed E-state index contributed by atoms with van der Waals surface area (Å²) in [6, 6.07) is 8.36. The Labute approximate surface area is 170 Å². The zero-order valence-corrected chi connectivity index (χ0v) is 16.3. The first-order valence-corrected chi connectivity index (χ1v) is 9.85. The van der Waals surface area contributed by atoms with E-state index in [1.807, 2.05) is 0 Å². The molecule has 0 radical (unpaired) electrons. The van der Waals surface area contributed by atoms with Crippen LogP contribution in [0.25, 0.3) is 21.5 Å². The van der Waals surface area contributed by atoms with Gasteiger partial charge >= 0.3 is 6.18 Å². The summed E-state index contributed by atoms with van der Waals surface area (Å²) in [5.41, 5.74) is -0.181. The van der Waals surface area contributed by atoms with Gasteiger partial charge in [-0.3, -0.25) is 0 Å². The minimum Gasteiger partial charge on any atom is -0.387 e. The summed E-state index contributed by atoms with van der Waals surface area (Å²) in [7, 11) is 0. The zero-order chi connectivity index (χ0) is 20.1. The predicted octanol–water partition coefficient (Wildman–Crippen LogP) is 6.49. The fourth-order valence-corrected chi connectivity index (χ4v) is 4.54. The Morgan fingerprint density at radius 2 is 1.71 bits per heavy atom. The molecule has 2 nitrogen and oxygen atoms in total. The molecule has 0 amide bonds. The van der Waals surface area contributed by atoms with Gasteiger partial charge in [-0.25, -0.2) is 0 Å². The molecule has 1 saturated heterocycles. The van der Waals surface area contributed by atoms with Crippen molar-refractivity contribution in [1.82, 2.24) is 5.32 Å². The highest BCUT2D eigenvalue weighted by Crippen LogP contribution is 2.41. The monoisotopic (exact) mass is 427 g/mol. The fraction of sp³-hybridized carbons (Fsp3) is 0.333. The molecule has 0 spiro atoms. The summed E-state index contributed by atoms with van der Waals surface area (Å²) in [5, 5.41) is 17.1. The number of aliphatic hydroxyl groups excluding tert-OH is 1. The van der Waals surface area contributed by atoms with Gasteiger partial charge in [-0.05, 0) is 71.4 Å². The number of fused-ring (bicyclic) bond motifs is 3. The van der Waals surface area contributed by atoms with Crippen molar-refractivity contribution in [2.45, 2.75) is 37.6 Å². The maximum absolute atomic E-state index is 13.3. The van der Waals surface area contributed by atoms with Crippen LogP contribution in [-0.2, 0) is 6.18 Å². The van der Waals surface area contributed by atoms with Gasteiger partial charge in [0, 0.05) is 21.5 Å². The van der Waals surface area contributed by atoms with Gasteiger partial charge in [0.05, 0.1) is 11.7 Å². The second-order valence-electron chi connectivity index (χ2n) is 7.21. The largest absolute Gasteiger partial charge is 0.416 e. The Bertz CT molecular complexity index is 1050. The number of benzene rings is 3. The van der Waals surface area contributed by atoms with Crippen molar-refractivity contribution in [2.24, 2.45) is 0 Å². The van der Waals surface area contributed by atoms with Crippen LogP contribution in [0.2, 0.25) is 10.0 Å². The molecule has 0 bridgehead atoms. The van der Waals surface area contributed by atoms with Crippen molar-refractivity contribution in [3.8, 4) is 0 Å². The minimum atomic E-state index is -4.47. The Morgan fingerprint density at radius 3 is 2.39 bits per heavy atom. The molecule has 148 valence electrons. The third-order valence-corrected chi connectivity index (χ3v) is 5.92. The molecule has 28 heavy (non-hydrogen) atoms. The molecule has 1 aliphatic heterocycles. The third kappa shape index (κ3) is 3.57. The van der Waals surface area contributed by atoms with Crippen molar-refractivity contribution in [1.29, 1.82) is 0 Å². The molecule has 7 heteroatoms. The van der Waals surface area contributed by atoms with E-state index < -0.39 is 17.8 Å². The van der Waals surface area contributed by atoms with Crippen LogP contribution in [0.3, 0.4) is 0 Å². The molecule has 2 unspecified atom stereocenters. The van der Waals surface area contributed by atoms with Crippen molar-refractivity contribution in [3.63, 3.8) is 0 Å². The van der Waals surface area contributed by atoms with E-state index in [1.165, 1.54) is 6.07 Å². The van der Waals surface area contributed by atoms with Gasteiger partial charge in [-0.1, -0.05) is 35.7 Å². The normalized spacial score (nSPS) is 19.3. The first-order chi connectivity index (χ1) is 13.3. The van der Waals surface area contributed by atoms with Crippen LogP contribution in [0.15, 0.2) is 36.4 Å². The van der Waals surface area contributed by atoms with Gasteiger partial charge in [0.2, 0.25) is 0 Å². The highest BCUT2D eigenvalue weighted by Gasteiger charge is 2.31. The van der Waals surface area contributed by atoms with E-state index in [0.29, 0.717) is 37.2 Å². The van der Waals surface area contributed by atoms with Gasteiger partial charge in [-0.2, -0.15) is 13.2 Å². The molecule has 0 aromatic heterocycles. The molecular formula is C21H18Cl2F3NO. The summed E-state index contributed by atoms with van der Waals surface area (Å²) >= 11 is 12.5. The topological polar surface area (TPSA) is 32.3 Å². The number of rotatable bonds is 2. The smallest absolute Gasteiger partial charge is 0.387 e. The number of hydrogen-bond donors (Lipinski definition) is 2. The second kappa shape index (κ2) is 7.38. The molecule has 2 N–H and O–H groups in total. The SMILES string of the molecule is OC(c1cc2c(Cl)cc(Cl)cc2c2cc(C(F)(F)F)ccc12)C1CCCCN1. The average molecular weight is 428 g/mol. The molecule has 1 heterocycles. The molecule has 0 saturated carbocycles. The van der Waals surface area contributed by atoms with Crippen molar-refractivity contribution in [2.75, 3.05) is 6.54 Å². The van der Waals surface area contributed by atoms with Crippen LogP contribution in [0.5, 0.6) is 0 Å². The molecule has 3 aromatic carbocycles. The van der Waals surface area contributed by atoms with Gasteiger partial charge in [0.1, 0.15) is 0 Å². The molecule has 1 fully saturated rings. The number of halogens is 5. The number of hydrogen-bond acceptors (Lipinski definition) is 2. The summed E-state index contributed by atoms with van der Waals surface area (Å²) in [4.78, 5) is 0. The Balaban J connectivity index is 2.01. The van der Waals surface area contributed by atoms with E-state index in [0.717, 1.165) is 37.9 Å². The first kappa shape index (κ1) is 19.8. The maximum atomic E-state index is 13.3. The lowest BCUT2D eigenvalue weighted by Crippen LogP contribution is -2.38. The number of aliphatic hydroxyl groups is 1. The highest BCUT2D eigenvalue weighted by atomic mass is 35.5. The molecule has 2 atom stereocenters. The van der Waals surface area contributed by atoms with Crippen LogP contribution < -0.4 is 5.32 Å². The highest BCUT2D eigenvalue weighted by molar-refractivity contribution is 6.39. The second-order valence-corrected chi connectivity index (χ2v) is 8.05. The van der Waals surface area contributed by atoms with Gasteiger partial charge < -0.3 is 10.4 Å². The molecule has 0 aliphatic carbocycles.